The minimum Gasteiger partial charge on any atom is -0.338 e. The van der Waals surface area contributed by atoms with Crippen molar-refractivity contribution >= 4 is 17.7 Å². The van der Waals surface area contributed by atoms with E-state index in [1.165, 1.54) is 102 Å². The fourth-order valence-electron chi connectivity index (χ4n) is 5.84. The Labute approximate surface area is 244 Å². The molecule has 3 unspecified atom stereocenters. The summed E-state index contributed by atoms with van der Waals surface area (Å²) in [5, 5.41) is 0.337. The van der Waals surface area contributed by atoms with Gasteiger partial charge in [0.15, 0.2) is 0 Å². The number of rotatable bonds is 26. The van der Waals surface area contributed by atoms with Crippen molar-refractivity contribution in [3.8, 4) is 0 Å². The summed E-state index contributed by atoms with van der Waals surface area (Å²) in [4.78, 5) is 18.2. The molecule has 0 aliphatic carbocycles. The zero-order valence-electron chi connectivity index (χ0n) is 27.2. The van der Waals surface area contributed by atoms with Gasteiger partial charge in [0.25, 0.3) is 0 Å². The van der Waals surface area contributed by atoms with E-state index in [2.05, 4.69) is 83.8 Å². The highest BCUT2D eigenvalue weighted by Crippen LogP contribution is 2.37. The minimum atomic E-state index is 0.198. The highest BCUT2D eigenvalue weighted by Gasteiger charge is 2.30. The van der Waals surface area contributed by atoms with Crippen LogP contribution in [0.15, 0.2) is 12.7 Å². The van der Waals surface area contributed by atoms with Gasteiger partial charge in [0, 0.05) is 31.3 Å². The van der Waals surface area contributed by atoms with Gasteiger partial charge in [-0.05, 0) is 56.4 Å². The standard InChI is InChI=1S/C34H68N2OS/c1-10-15-18-21-25-34(7,24-20-17-12-3)30-38-31(28-35(8)9)27-32(37)36(26-14-5)29-33(6,22-13-4)23-19-16-11-2/h14,31H,5,10-13,15-30H2,1-4,6-9H3. The molecule has 4 heteroatoms. The summed E-state index contributed by atoms with van der Waals surface area (Å²) in [5.74, 6) is 1.48. The Bertz CT molecular complexity index is 595. The van der Waals surface area contributed by atoms with Crippen molar-refractivity contribution in [1.29, 1.82) is 0 Å². The van der Waals surface area contributed by atoms with E-state index in [1.54, 1.807) is 0 Å². The van der Waals surface area contributed by atoms with Crippen molar-refractivity contribution in [1.82, 2.24) is 9.80 Å². The van der Waals surface area contributed by atoms with Crippen LogP contribution >= 0.6 is 11.8 Å². The summed E-state index contributed by atoms with van der Waals surface area (Å²) in [6, 6.07) is 0. The SMILES string of the molecule is C=CCN(CC(C)(CCC)CCCCC)C(=O)CC(CN(C)C)SCC(C)(CCCCC)CCCCCC. The van der Waals surface area contributed by atoms with E-state index in [0.717, 1.165) is 13.1 Å². The molecule has 0 aromatic heterocycles. The predicted molar refractivity (Wildman–Crippen MR) is 174 cm³/mol. The van der Waals surface area contributed by atoms with Crippen LogP contribution in [0.5, 0.6) is 0 Å². The molecule has 0 rings (SSSR count). The van der Waals surface area contributed by atoms with E-state index < -0.39 is 0 Å². The van der Waals surface area contributed by atoms with Crippen molar-refractivity contribution < 1.29 is 4.79 Å². The van der Waals surface area contributed by atoms with E-state index in [4.69, 9.17) is 0 Å². The van der Waals surface area contributed by atoms with Crippen molar-refractivity contribution in [3.63, 3.8) is 0 Å². The molecule has 0 saturated heterocycles. The first-order valence-electron chi connectivity index (χ1n) is 16.2. The number of amides is 1. The quantitative estimate of drug-likeness (QED) is 0.0788. The molecular formula is C34H68N2OS. The smallest absolute Gasteiger partial charge is 0.224 e. The molecule has 0 radical (unpaired) electrons. The molecular weight excluding hydrogens is 484 g/mol. The molecule has 0 N–H and O–H groups in total. The van der Waals surface area contributed by atoms with Crippen molar-refractivity contribution in [3.05, 3.63) is 12.7 Å². The molecule has 0 spiro atoms. The normalized spacial score (nSPS) is 15.7. The second kappa shape index (κ2) is 22.2. The van der Waals surface area contributed by atoms with Gasteiger partial charge >= 0.3 is 0 Å². The third-order valence-electron chi connectivity index (χ3n) is 8.17. The van der Waals surface area contributed by atoms with Crippen LogP contribution in [-0.4, -0.2) is 60.4 Å². The first-order valence-corrected chi connectivity index (χ1v) is 17.3. The van der Waals surface area contributed by atoms with Gasteiger partial charge in [-0.1, -0.05) is 118 Å². The van der Waals surface area contributed by atoms with E-state index in [0.29, 0.717) is 29.5 Å². The number of carbonyl (C=O) groups excluding carboxylic acids is 1. The molecule has 0 saturated carbocycles. The van der Waals surface area contributed by atoms with Gasteiger partial charge in [0.2, 0.25) is 5.91 Å². The van der Waals surface area contributed by atoms with Crippen LogP contribution in [0.25, 0.3) is 0 Å². The third kappa shape index (κ3) is 18.0. The Balaban J connectivity index is 5.44. The van der Waals surface area contributed by atoms with Crippen LogP contribution in [-0.2, 0) is 4.79 Å². The van der Waals surface area contributed by atoms with Crippen molar-refractivity contribution in [2.24, 2.45) is 10.8 Å². The Morgan fingerprint density at radius 3 is 1.82 bits per heavy atom. The molecule has 0 fully saturated rings. The lowest BCUT2D eigenvalue weighted by Gasteiger charge is -2.37. The lowest BCUT2D eigenvalue weighted by atomic mass is 9.80. The molecule has 38 heavy (non-hydrogen) atoms. The van der Waals surface area contributed by atoms with Crippen LogP contribution in [0.2, 0.25) is 0 Å². The highest BCUT2D eigenvalue weighted by molar-refractivity contribution is 8.00. The third-order valence-corrected chi connectivity index (χ3v) is 9.82. The van der Waals surface area contributed by atoms with Crippen LogP contribution in [0.1, 0.15) is 144 Å². The maximum absolute atomic E-state index is 13.8. The van der Waals surface area contributed by atoms with Gasteiger partial charge < -0.3 is 9.80 Å². The largest absolute Gasteiger partial charge is 0.338 e. The zero-order valence-corrected chi connectivity index (χ0v) is 28.0. The van der Waals surface area contributed by atoms with Crippen LogP contribution in [0, 0.1) is 10.8 Å². The van der Waals surface area contributed by atoms with Crippen LogP contribution < -0.4 is 0 Å². The number of carbonyl (C=O) groups is 1. The average molecular weight is 553 g/mol. The second-order valence-corrected chi connectivity index (χ2v) is 14.3. The van der Waals surface area contributed by atoms with E-state index in [9.17, 15) is 4.79 Å². The summed E-state index contributed by atoms with van der Waals surface area (Å²) in [5.41, 5.74) is 0.573. The van der Waals surface area contributed by atoms with Crippen molar-refractivity contribution in [2.45, 2.75) is 150 Å². The Kier molecular flexibility index (Phi) is 22.0. The maximum atomic E-state index is 13.8. The average Bonchev–Trinajstić information content (AvgIpc) is 2.85. The summed E-state index contributed by atoms with van der Waals surface area (Å²) in [6.45, 7) is 20.6. The van der Waals surface area contributed by atoms with Gasteiger partial charge in [-0.15, -0.1) is 6.58 Å². The van der Waals surface area contributed by atoms with E-state index in [1.807, 2.05) is 6.08 Å². The van der Waals surface area contributed by atoms with Gasteiger partial charge in [0.05, 0.1) is 0 Å². The summed E-state index contributed by atoms with van der Waals surface area (Å²) >= 11 is 2.07. The van der Waals surface area contributed by atoms with E-state index in [-0.39, 0.29) is 5.41 Å². The molecule has 3 atom stereocenters. The molecule has 3 nitrogen and oxygen atoms in total. The fraction of sp³-hybridized carbons (Fsp3) is 0.912. The van der Waals surface area contributed by atoms with Crippen molar-refractivity contribution in [2.75, 3.05) is 39.5 Å². The highest BCUT2D eigenvalue weighted by atomic mass is 32.2. The molecule has 0 heterocycles. The number of thioether (sulfide) groups is 1. The van der Waals surface area contributed by atoms with Gasteiger partial charge in [-0.25, -0.2) is 0 Å². The monoisotopic (exact) mass is 553 g/mol. The predicted octanol–water partition coefficient (Wildman–Crippen LogP) is 10.00. The number of nitrogens with zero attached hydrogens (tertiary/aromatic N) is 2. The Hall–Kier alpha value is -0.480. The number of hydrogen-bond donors (Lipinski definition) is 0. The first-order chi connectivity index (χ1) is 18.1. The van der Waals surface area contributed by atoms with E-state index >= 15 is 0 Å². The lowest BCUT2D eigenvalue weighted by molar-refractivity contribution is -0.132. The van der Waals surface area contributed by atoms with Crippen LogP contribution in [0.3, 0.4) is 0 Å². The van der Waals surface area contributed by atoms with Crippen LogP contribution in [0.4, 0.5) is 0 Å². The zero-order chi connectivity index (χ0) is 28.9. The first kappa shape index (κ1) is 37.5. The summed E-state index contributed by atoms with van der Waals surface area (Å²) in [6.07, 6.45) is 21.8. The molecule has 0 aliphatic heterocycles. The van der Waals surface area contributed by atoms with Gasteiger partial charge in [-0.2, -0.15) is 11.8 Å². The molecule has 0 aromatic carbocycles. The summed E-state index contributed by atoms with van der Waals surface area (Å²) in [7, 11) is 4.30. The molecule has 226 valence electrons. The minimum absolute atomic E-state index is 0.198. The summed E-state index contributed by atoms with van der Waals surface area (Å²) < 4.78 is 0. The lowest BCUT2D eigenvalue weighted by Crippen LogP contribution is -2.42. The fourth-order valence-corrected chi connectivity index (χ4v) is 7.43. The Morgan fingerprint density at radius 1 is 0.789 bits per heavy atom. The number of hydrogen-bond acceptors (Lipinski definition) is 3. The maximum Gasteiger partial charge on any atom is 0.224 e. The Morgan fingerprint density at radius 2 is 1.32 bits per heavy atom. The molecule has 0 bridgehead atoms. The second-order valence-electron chi connectivity index (χ2n) is 13.1. The molecule has 0 aliphatic rings. The molecule has 0 aromatic rings. The topological polar surface area (TPSA) is 23.6 Å². The van der Waals surface area contributed by atoms with Gasteiger partial charge in [0.1, 0.15) is 0 Å². The molecule has 1 amide bonds. The number of unbranched alkanes of at least 4 members (excludes halogenated alkanes) is 7. The van der Waals surface area contributed by atoms with Gasteiger partial charge in [-0.3, -0.25) is 4.79 Å².